The molecule has 1 aromatic heterocycles. The maximum Gasteiger partial charge on any atom is 0.159 e. The number of ketones is 1. The molecule has 104 valence electrons. The van der Waals surface area contributed by atoms with Crippen LogP contribution in [0.1, 0.15) is 17.3 Å². The van der Waals surface area contributed by atoms with Gasteiger partial charge in [0.15, 0.2) is 5.78 Å². The van der Waals surface area contributed by atoms with E-state index in [1.165, 1.54) is 25.1 Å². The maximum absolute atomic E-state index is 13.9. The zero-order valence-corrected chi connectivity index (χ0v) is 11.4. The van der Waals surface area contributed by atoms with Crippen molar-refractivity contribution in [2.75, 3.05) is 5.32 Å². The van der Waals surface area contributed by atoms with Gasteiger partial charge in [0.2, 0.25) is 0 Å². The zero-order chi connectivity index (χ0) is 14.8. The van der Waals surface area contributed by atoms with Gasteiger partial charge in [-0.2, -0.15) is 0 Å². The van der Waals surface area contributed by atoms with Crippen molar-refractivity contribution in [2.45, 2.75) is 6.92 Å². The molecule has 3 rings (SSSR count). The van der Waals surface area contributed by atoms with Crippen molar-refractivity contribution in [1.29, 1.82) is 0 Å². The van der Waals surface area contributed by atoms with E-state index in [9.17, 15) is 9.18 Å². The Hall–Kier alpha value is -2.75. The van der Waals surface area contributed by atoms with Crippen LogP contribution in [-0.4, -0.2) is 10.8 Å². The van der Waals surface area contributed by atoms with Crippen molar-refractivity contribution in [3.63, 3.8) is 0 Å². The van der Waals surface area contributed by atoms with Crippen molar-refractivity contribution in [3.05, 3.63) is 66.1 Å². The molecule has 0 aliphatic carbocycles. The summed E-state index contributed by atoms with van der Waals surface area (Å²) >= 11 is 0. The summed E-state index contributed by atoms with van der Waals surface area (Å²) < 4.78 is 13.9. The number of hydrogen-bond acceptors (Lipinski definition) is 3. The molecular weight excluding hydrogens is 267 g/mol. The highest BCUT2D eigenvalue weighted by Crippen LogP contribution is 2.26. The summed E-state index contributed by atoms with van der Waals surface area (Å²) in [6.07, 6.45) is 1.69. The number of para-hydroxylation sites is 1. The molecule has 3 aromatic rings. The average molecular weight is 280 g/mol. The molecule has 2 aromatic carbocycles. The third-order valence-corrected chi connectivity index (χ3v) is 3.27. The van der Waals surface area contributed by atoms with Crippen LogP contribution in [0.2, 0.25) is 0 Å². The summed E-state index contributed by atoms with van der Waals surface area (Å²) in [6, 6.07) is 13.7. The van der Waals surface area contributed by atoms with E-state index in [0.717, 1.165) is 10.9 Å². The predicted molar refractivity (Wildman–Crippen MR) is 81.4 cm³/mol. The number of rotatable bonds is 3. The topological polar surface area (TPSA) is 42.0 Å². The number of anilines is 2. The Morgan fingerprint density at radius 1 is 1.10 bits per heavy atom. The molecule has 0 unspecified atom stereocenters. The minimum absolute atomic E-state index is 0.103. The molecular formula is C17H13FN2O. The molecule has 0 radical (unpaired) electrons. The Morgan fingerprint density at radius 2 is 1.90 bits per heavy atom. The summed E-state index contributed by atoms with van der Waals surface area (Å²) in [5, 5.41) is 3.98. The first-order valence-corrected chi connectivity index (χ1v) is 6.56. The van der Waals surface area contributed by atoms with E-state index in [1.807, 2.05) is 30.3 Å². The first-order chi connectivity index (χ1) is 10.1. The van der Waals surface area contributed by atoms with Gasteiger partial charge >= 0.3 is 0 Å². The lowest BCUT2D eigenvalue weighted by molar-refractivity contribution is 0.101. The Kier molecular flexibility index (Phi) is 3.36. The number of nitrogens with one attached hydrogen (secondary N) is 1. The third kappa shape index (κ3) is 2.60. The van der Waals surface area contributed by atoms with Crippen LogP contribution in [0.4, 0.5) is 15.8 Å². The highest BCUT2D eigenvalue weighted by molar-refractivity contribution is 5.96. The van der Waals surface area contributed by atoms with E-state index in [2.05, 4.69) is 10.3 Å². The van der Waals surface area contributed by atoms with Gasteiger partial charge in [0.25, 0.3) is 0 Å². The van der Waals surface area contributed by atoms with E-state index < -0.39 is 5.82 Å². The molecule has 3 nitrogen and oxygen atoms in total. The van der Waals surface area contributed by atoms with Crippen molar-refractivity contribution >= 4 is 28.1 Å². The smallest absolute Gasteiger partial charge is 0.159 e. The molecule has 0 saturated carbocycles. The van der Waals surface area contributed by atoms with E-state index in [4.69, 9.17) is 0 Å². The second-order valence-electron chi connectivity index (χ2n) is 4.76. The van der Waals surface area contributed by atoms with Gasteiger partial charge in [-0.05, 0) is 37.3 Å². The molecule has 1 N–H and O–H groups in total. The van der Waals surface area contributed by atoms with E-state index in [1.54, 1.807) is 6.20 Å². The largest absolute Gasteiger partial charge is 0.351 e. The molecule has 0 bridgehead atoms. The van der Waals surface area contributed by atoms with Gasteiger partial charge < -0.3 is 5.32 Å². The number of Topliss-reactive ketones (excluding diaryl/α,β-unsaturated/α-hetero) is 1. The van der Waals surface area contributed by atoms with Gasteiger partial charge in [-0.1, -0.05) is 18.2 Å². The number of aromatic nitrogens is 1. The van der Waals surface area contributed by atoms with Gasteiger partial charge in [-0.15, -0.1) is 0 Å². The van der Waals surface area contributed by atoms with Gasteiger partial charge in [0, 0.05) is 17.1 Å². The van der Waals surface area contributed by atoms with Gasteiger partial charge in [0.1, 0.15) is 5.82 Å². The van der Waals surface area contributed by atoms with Gasteiger partial charge in [-0.25, -0.2) is 4.39 Å². The fourth-order valence-corrected chi connectivity index (χ4v) is 2.19. The average Bonchev–Trinajstić information content (AvgIpc) is 2.49. The summed E-state index contributed by atoms with van der Waals surface area (Å²) in [6.45, 7) is 1.45. The molecule has 0 aliphatic heterocycles. The number of nitrogens with zero attached hydrogens (tertiary/aromatic N) is 1. The van der Waals surface area contributed by atoms with Crippen LogP contribution in [-0.2, 0) is 0 Å². The minimum Gasteiger partial charge on any atom is -0.351 e. The molecule has 0 saturated heterocycles. The predicted octanol–water partition coefficient (Wildman–Crippen LogP) is 4.32. The lowest BCUT2D eigenvalue weighted by Gasteiger charge is -2.10. The summed E-state index contributed by atoms with van der Waals surface area (Å²) in [5.74, 6) is -0.512. The molecule has 1 heterocycles. The molecule has 0 spiro atoms. The molecule has 21 heavy (non-hydrogen) atoms. The lowest BCUT2D eigenvalue weighted by Crippen LogP contribution is -1.99. The summed E-state index contributed by atoms with van der Waals surface area (Å²) in [5.41, 5.74) is 2.19. The molecule has 0 atom stereocenters. The van der Waals surface area contributed by atoms with Crippen LogP contribution in [0.3, 0.4) is 0 Å². The van der Waals surface area contributed by atoms with Crippen molar-refractivity contribution in [2.24, 2.45) is 0 Å². The summed E-state index contributed by atoms with van der Waals surface area (Å²) in [7, 11) is 0. The normalized spacial score (nSPS) is 10.6. The standard InChI is InChI=1S/C17H13FN2O/c1-11(21)13-7-8-14(18)16(10-13)20-15-6-2-4-12-5-3-9-19-17(12)15/h2-10,20H,1H3. The molecule has 0 amide bonds. The van der Waals surface area contributed by atoms with Crippen molar-refractivity contribution in [3.8, 4) is 0 Å². The first-order valence-electron chi connectivity index (χ1n) is 6.56. The Bertz CT molecular complexity index is 825. The SMILES string of the molecule is CC(=O)c1ccc(F)c(Nc2cccc3cccnc23)c1. The van der Waals surface area contributed by atoms with Gasteiger partial charge in [-0.3, -0.25) is 9.78 Å². The fraction of sp³-hybridized carbons (Fsp3) is 0.0588. The quantitative estimate of drug-likeness (QED) is 0.726. The fourth-order valence-electron chi connectivity index (χ4n) is 2.19. The molecule has 0 fully saturated rings. The number of benzene rings is 2. The van der Waals surface area contributed by atoms with Crippen LogP contribution in [0.5, 0.6) is 0 Å². The molecule has 4 heteroatoms. The maximum atomic E-state index is 13.9. The highest BCUT2D eigenvalue weighted by Gasteiger charge is 2.09. The monoisotopic (exact) mass is 280 g/mol. The second-order valence-corrected chi connectivity index (χ2v) is 4.76. The van der Waals surface area contributed by atoms with Crippen LogP contribution in [0.15, 0.2) is 54.7 Å². The number of fused-ring (bicyclic) bond motifs is 1. The number of carbonyl (C=O) groups excluding carboxylic acids is 1. The van der Waals surface area contributed by atoms with Crippen LogP contribution >= 0.6 is 0 Å². The number of carbonyl (C=O) groups is 1. The minimum atomic E-state index is -0.409. The third-order valence-electron chi connectivity index (χ3n) is 3.27. The summed E-state index contributed by atoms with van der Waals surface area (Å²) in [4.78, 5) is 15.7. The first kappa shape index (κ1) is 13.2. The van der Waals surface area contributed by atoms with Crippen LogP contribution in [0, 0.1) is 5.82 Å². The number of hydrogen-bond donors (Lipinski definition) is 1. The van der Waals surface area contributed by atoms with Crippen LogP contribution < -0.4 is 5.32 Å². The van der Waals surface area contributed by atoms with E-state index in [0.29, 0.717) is 11.3 Å². The van der Waals surface area contributed by atoms with E-state index in [-0.39, 0.29) is 11.5 Å². The number of halogens is 1. The van der Waals surface area contributed by atoms with Crippen molar-refractivity contribution in [1.82, 2.24) is 4.98 Å². The van der Waals surface area contributed by atoms with Gasteiger partial charge in [0.05, 0.1) is 16.9 Å². The Balaban J connectivity index is 2.06. The number of pyridine rings is 1. The highest BCUT2D eigenvalue weighted by atomic mass is 19.1. The van der Waals surface area contributed by atoms with Crippen molar-refractivity contribution < 1.29 is 9.18 Å². The van der Waals surface area contributed by atoms with E-state index >= 15 is 0 Å². The zero-order valence-electron chi connectivity index (χ0n) is 11.4. The lowest BCUT2D eigenvalue weighted by atomic mass is 10.1. The Morgan fingerprint density at radius 3 is 2.71 bits per heavy atom. The van der Waals surface area contributed by atoms with Crippen LogP contribution in [0.25, 0.3) is 10.9 Å². The molecule has 0 aliphatic rings. The second kappa shape index (κ2) is 5.32. The Labute approximate surface area is 121 Å².